The number of carboxylic acids is 1. The first kappa shape index (κ1) is 9.06. The van der Waals surface area contributed by atoms with Gasteiger partial charge < -0.3 is 14.6 Å². The Balaban J connectivity index is 2.56. The summed E-state index contributed by atoms with van der Waals surface area (Å²) >= 11 is 0. The Kier molecular flexibility index (Phi) is 1.95. The molecule has 0 bridgehead atoms. The normalized spacial score (nSPS) is 24.1. The average molecular weight is 191 g/mol. The summed E-state index contributed by atoms with van der Waals surface area (Å²) in [6, 6.07) is 5.14. The van der Waals surface area contributed by atoms with Crippen molar-refractivity contribution in [3.63, 3.8) is 0 Å². The lowest BCUT2D eigenvalue weighted by molar-refractivity contribution is -0.255. The van der Waals surface area contributed by atoms with E-state index in [1.54, 1.807) is 6.07 Å². The molecule has 0 aromatic heterocycles. The average Bonchev–Trinajstić information content (AvgIpc) is 2.43. The van der Waals surface area contributed by atoms with Gasteiger partial charge in [0.25, 0.3) is 0 Å². The summed E-state index contributed by atoms with van der Waals surface area (Å²) in [5, 5.41) is 10.8. The number of benzene rings is 1. The Labute approximate surface area is 82.3 Å². The fourth-order valence-corrected chi connectivity index (χ4v) is 1.75. The van der Waals surface area contributed by atoms with Crippen molar-refractivity contribution in [3.8, 4) is 5.75 Å². The lowest BCUT2D eigenvalue weighted by Gasteiger charge is -2.09. The van der Waals surface area contributed by atoms with Crippen LogP contribution in [-0.4, -0.2) is 12.1 Å². The van der Waals surface area contributed by atoms with E-state index in [1.165, 1.54) is 6.07 Å². The molecule has 1 aliphatic rings. The summed E-state index contributed by atoms with van der Waals surface area (Å²) < 4.78 is 5.49. The van der Waals surface area contributed by atoms with E-state index in [9.17, 15) is 9.90 Å². The third-order valence-electron chi connectivity index (χ3n) is 2.76. The highest BCUT2D eigenvalue weighted by atomic mass is 16.5. The van der Waals surface area contributed by atoms with Gasteiger partial charge in [0.05, 0.1) is 5.97 Å². The molecule has 1 heterocycles. The molecule has 0 N–H and O–H groups in total. The van der Waals surface area contributed by atoms with Crippen molar-refractivity contribution in [1.29, 1.82) is 0 Å². The lowest BCUT2D eigenvalue weighted by atomic mass is 9.97. The molecular weight excluding hydrogens is 180 g/mol. The van der Waals surface area contributed by atoms with Crippen molar-refractivity contribution >= 4 is 5.97 Å². The molecule has 2 rings (SSSR count). The molecule has 3 nitrogen and oxygen atoms in total. The summed E-state index contributed by atoms with van der Waals surface area (Å²) in [4.78, 5) is 10.8. The second-order valence-electron chi connectivity index (χ2n) is 3.62. The van der Waals surface area contributed by atoms with E-state index < -0.39 is 5.97 Å². The fraction of sp³-hybridized carbons (Fsp3) is 0.364. The van der Waals surface area contributed by atoms with Crippen LogP contribution in [0.15, 0.2) is 18.2 Å². The van der Waals surface area contributed by atoms with E-state index in [-0.39, 0.29) is 17.6 Å². The zero-order chi connectivity index (χ0) is 10.3. The van der Waals surface area contributed by atoms with Crippen LogP contribution in [0.25, 0.3) is 0 Å². The number of hydrogen-bond donors (Lipinski definition) is 0. The van der Waals surface area contributed by atoms with E-state index in [2.05, 4.69) is 0 Å². The third-order valence-corrected chi connectivity index (χ3v) is 2.76. The number of fused-ring (bicyclic) bond motifs is 1. The zero-order valence-corrected chi connectivity index (χ0v) is 8.11. The number of ether oxygens (including phenoxy) is 1. The number of aromatic carboxylic acids is 1. The Bertz CT molecular complexity index is 384. The van der Waals surface area contributed by atoms with Crippen molar-refractivity contribution < 1.29 is 14.6 Å². The maximum Gasteiger partial charge on any atom is 0.132 e. The van der Waals surface area contributed by atoms with Crippen LogP contribution in [0, 0.1) is 0 Å². The minimum Gasteiger partial charge on any atom is -0.545 e. The second-order valence-corrected chi connectivity index (χ2v) is 3.62. The third kappa shape index (κ3) is 1.16. The Hall–Kier alpha value is -1.51. The van der Waals surface area contributed by atoms with Crippen LogP contribution in [0.2, 0.25) is 0 Å². The molecule has 0 spiro atoms. The molecule has 3 heteroatoms. The van der Waals surface area contributed by atoms with Gasteiger partial charge in [-0.1, -0.05) is 19.1 Å². The summed E-state index contributed by atoms with van der Waals surface area (Å²) in [7, 11) is 0. The minimum atomic E-state index is -1.18. The molecule has 0 radical (unpaired) electrons. The summed E-state index contributed by atoms with van der Waals surface area (Å²) in [6.07, 6.45) is 0.0329. The Morgan fingerprint density at radius 3 is 2.79 bits per heavy atom. The highest BCUT2D eigenvalue weighted by Gasteiger charge is 2.29. The van der Waals surface area contributed by atoms with E-state index >= 15 is 0 Å². The molecular formula is C11H11O3-. The number of rotatable bonds is 1. The number of carbonyl (C=O) groups excluding carboxylic acids is 1. The fourth-order valence-electron chi connectivity index (χ4n) is 1.75. The molecule has 0 saturated heterocycles. The molecule has 1 aliphatic heterocycles. The number of para-hydroxylation sites is 1. The molecule has 2 atom stereocenters. The van der Waals surface area contributed by atoms with Crippen LogP contribution in [0.4, 0.5) is 0 Å². The van der Waals surface area contributed by atoms with Crippen molar-refractivity contribution in [2.75, 3.05) is 0 Å². The summed E-state index contributed by atoms with van der Waals surface area (Å²) in [5.41, 5.74) is 1.11. The first-order valence-electron chi connectivity index (χ1n) is 4.62. The maximum atomic E-state index is 10.8. The molecule has 1 aromatic rings. The molecule has 0 aliphatic carbocycles. The first-order chi connectivity index (χ1) is 6.61. The standard InChI is InChI=1S/C11H12O3/c1-6-7(2)14-10-8(6)4-3-5-9(10)11(12)13/h3-7H,1-2H3,(H,12,13)/p-1/t6-,7+/m1/s1. The van der Waals surface area contributed by atoms with Crippen LogP contribution in [-0.2, 0) is 0 Å². The quantitative estimate of drug-likeness (QED) is 0.663. The Morgan fingerprint density at radius 2 is 2.14 bits per heavy atom. The largest absolute Gasteiger partial charge is 0.545 e. The van der Waals surface area contributed by atoms with E-state index in [4.69, 9.17) is 4.74 Å². The van der Waals surface area contributed by atoms with Crippen molar-refractivity contribution in [3.05, 3.63) is 29.3 Å². The van der Waals surface area contributed by atoms with Crippen LogP contribution < -0.4 is 9.84 Å². The van der Waals surface area contributed by atoms with Gasteiger partial charge in [-0.2, -0.15) is 0 Å². The van der Waals surface area contributed by atoms with Gasteiger partial charge in [-0.05, 0) is 13.0 Å². The topological polar surface area (TPSA) is 49.4 Å². The predicted molar refractivity (Wildman–Crippen MR) is 49.3 cm³/mol. The van der Waals surface area contributed by atoms with Gasteiger partial charge in [-0.25, -0.2) is 0 Å². The van der Waals surface area contributed by atoms with Crippen molar-refractivity contribution in [1.82, 2.24) is 0 Å². The van der Waals surface area contributed by atoms with Crippen LogP contribution in [0.3, 0.4) is 0 Å². The Morgan fingerprint density at radius 1 is 1.43 bits per heavy atom. The molecule has 14 heavy (non-hydrogen) atoms. The second kappa shape index (κ2) is 3.01. The SMILES string of the molecule is C[C@@H]1Oc2c(C(=O)[O-])cccc2[C@@H]1C. The van der Waals surface area contributed by atoms with Gasteiger partial charge in [-0.15, -0.1) is 0 Å². The summed E-state index contributed by atoms with van der Waals surface area (Å²) in [6.45, 7) is 3.96. The molecule has 0 amide bonds. The van der Waals surface area contributed by atoms with E-state index in [1.807, 2.05) is 19.9 Å². The van der Waals surface area contributed by atoms with Crippen LogP contribution in [0.1, 0.15) is 35.7 Å². The van der Waals surface area contributed by atoms with E-state index in [0.717, 1.165) is 5.56 Å². The van der Waals surface area contributed by atoms with Crippen molar-refractivity contribution in [2.24, 2.45) is 0 Å². The molecule has 0 fully saturated rings. The first-order valence-corrected chi connectivity index (χ1v) is 4.62. The van der Waals surface area contributed by atoms with Gasteiger partial charge in [0.1, 0.15) is 11.9 Å². The van der Waals surface area contributed by atoms with Gasteiger partial charge >= 0.3 is 0 Å². The highest BCUT2D eigenvalue weighted by molar-refractivity contribution is 5.90. The van der Waals surface area contributed by atoms with Crippen molar-refractivity contribution in [2.45, 2.75) is 25.9 Å². The minimum absolute atomic E-state index is 0.0329. The van der Waals surface area contributed by atoms with Crippen LogP contribution >= 0.6 is 0 Å². The zero-order valence-electron chi connectivity index (χ0n) is 8.11. The van der Waals surface area contributed by atoms with Gasteiger partial charge in [0.2, 0.25) is 0 Å². The molecule has 0 unspecified atom stereocenters. The van der Waals surface area contributed by atoms with E-state index in [0.29, 0.717) is 5.75 Å². The molecule has 1 aromatic carbocycles. The predicted octanol–water partition coefficient (Wildman–Crippen LogP) is 0.934. The monoisotopic (exact) mass is 191 g/mol. The number of hydrogen-bond acceptors (Lipinski definition) is 3. The molecule has 0 saturated carbocycles. The molecule has 74 valence electrons. The summed E-state index contributed by atoms with van der Waals surface area (Å²) in [5.74, 6) is -0.458. The highest BCUT2D eigenvalue weighted by Crippen LogP contribution is 2.39. The smallest absolute Gasteiger partial charge is 0.132 e. The van der Waals surface area contributed by atoms with Crippen LogP contribution in [0.5, 0.6) is 5.75 Å². The van der Waals surface area contributed by atoms with Gasteiger partial charge in [-0.3, -0.25) is 0 Å². The number of carboxylic acid groups (broad SMARTS) is 1. The van der Waals surface area contributed by atoms with Gasteiger partial charge in [0, 0.05) is 17.0 Å². The maximum absolute atomic E-state index is 10.8. The lowest BCUT2D eigenvalue weighted by Crippen LogP contribution is -2.23. The number of carbonyl (C=O) groups is 1. The van der Waals surface area contributed by atoms with Gasteiger partial charge in [0.15, 0.2) is 0 Å².